The first-order valence-electron chi connectivity index (χ1n) is 7.18. The van der Waals surface area contributed by atoms with Gasteiger partial charge in [0.2, 0.25) is 0 Å². The predicted octanol–water partition coefficient (Wildman–Crippen LogP) is 2.53. The van der Waals surface area contributed by atoms with E-state index in [1.54, 1.807) is 6.20 Å². The number of anilines is 1. The number of hydrogen-bond acceptors (Lipinski definition) is 3. The fourth-order valence-corrected chi connectivity index (χ4v) is 3.16. The van der Waals surface area contributed by atoms with E-state index in [0.29, 0.717) is 11.9 Å². The summed E-state index contributed by atoms with van der Waals surface area (Å²) in [7, 11) is 2.04. The zero-order valence-corrected chi connectivity index (χ0v) is 11.8. The summed E-state index contributed by atoms with van der Waals surface area (Å²) in [6.45, 7) is 0. The third-order valence-corrected chi connectivity index (χ3v) is 4.50. The molecule has 3 rings (SSSR count). The van der Waals surface area contributed by atoms with E-state index in [0.717, 1.165) is 12.0 Å². The highest BCUT2D eigenvalue weighted by Gasteiger charge is 2.49. The van der Waals surface area contributed by atoms with Crippen LogP contribution in [0.3, 0.4) is 0 Å². The van der Waals surface area contributed by atoms with Crippen molar-refractivity contribution in [1.29, 1.82) is 0 Å². The van der Waals surface area contributed by atoms with Crippen molar-refractivity contribution in [3.05, 3.63) is 59.8 Å². The van der Waals surface area contributed by atoms with Crippen LogP contribution in [0, 0.1) is 0 Å². The molecule has 1 aromatic carbocycles. The lowest BCUT2D eigenvalue weighted by atomic mass is 9.84. The van der Waals surface area contributed by atoms with Crippen LogP contribution in [0.1, 0.15) is 24.0 Å². The molecule has 1 atom stereocenters. The number of pyridine rings is 1. The fourth-order valence-electron chi connectivity index (χ4n) is 3.16. The number of hydrogen-bond donors (Lipinski definition) is 2. The maximum atomic E-state index is 5.99. The first-order chi connectivity index (χ1) is 9.76. The molecular weight excluding hydrogens is 246 g/mol. The molecule has 1 unspecified atom stereocenters. The molecule has 1 aliphatic carbocycles. The minimum atomic E-state index is 0.262. The van der Waals surface area contributed by atoms with Gasteiger partial charge in [-0.3, -0.25) is 0 Å². The molecule has 1 aliphatic rings. The van der Waals surface area contributed by atoms with E-state index in [9.17, 15) is 0 Å². The largest absolute Gasteiger partial charge is 0.383 e. The van der Waals surface area contributed by atoms with Crippen LogP contribution >= 0.6 is 0 Å². The Balaban J connectivity index is 1.86. The highest BCUT2D eigenvalue weighted by Crippen LogP contribution is 2.51. The Morgan fingerprint density at radius 1 is 1.20 bits per heavy atom. The van der Waals surface area contributed by atoms with Crippen LogP contribution in [-0.4, -0.2) is 18.1 Å². The molecule has 0 bridgehead atoms. The van der Waals surface area contributed by atoms with Gasteiger partial charge in [-0.1, -0.05) is 36.4 Å². The smallest absolute Gasteiger partial charge is 0.126 e. The van der Waals surface area contributed by atoms with Gasteiger partial charge < -0.3 is 11.1 Å². The molecule has 0 saturated heterocycles. The lowest BCUT2D eigenvalue weighted by Gasteiger charge is -2.27. The minimum absolute atomic E-state index is 0.262. The summed E-state index contributed by atoms with van der Waals surface area (Å²) < 4.78 is 0. The molecule has 1 saturated carbocycles. The summed E-state index contributed by atoms with van der Waals surface area (Å²) in [6, 6.07) is 15.2. The highest BCUT2D eigenvalue weighted by molar-refractivity contribution is 5.41. The molecular formula is C17H21N3. The molecule has 3 nitrogen and oxygen atoms in total. The van der Waals surface area contributed by atoms with Crippen LogP contribution in [0.25, 0.3) is 0 Å². The molecule has 1 aromatic heterocycles. The molecule has 1 heterocycles. The molecule has 104 valence electrons. The summed E-state index contributed by atoms with van der Waals surface area (Å²) in [5.41, 5.74) is 8.81. The second kappa shape index (κ2) is 5.25. The number of nitrogens with two attached hydrogens (primary N) is 1. The number of nitrogens with one attached hydrogen (secondary N) is 1. The Morgan fingerprint density at radius 3 is 2.55 bits per heavy atom. The lowest BCUT2D eigenvalue weighted by Crippen LogP contribution is -2.39. The Morgan fingerprint density at radius 2 is 1.95 bits per heavy atom. The van der Waals surface area contributed by atoms with Crippen LogP contribution in [-0.2, 0) is 11.8 Å². The van der Waals surface area contributed by atoms with E-state index >= 15 is 0 Å². The summed E-state index contributed by atoms with van der Waals surface area (Å²) >= 11 is 0. The number of rotatable bonds is 5. The summed E-state index contributed by atoms with van der Waals surface area (Å²) in [4.78, 5) is 4.19. The molecule has 2 aromatic rings. The van der Waals surface area contributed by atoms with Crippen molar-refractivity contribution in [3.63, 3.8) is 0 Å². The van der Waals surface area contributed by atoms with Crippen LogP contribution in [0.4, 0.5) is 5.82 Å². The quantitative estimate of drug-likeness (QED) is 0.875. The summed E-state index contributed by atoms with van der Waals surface area (Å²) in [5, 5.41) is 3.50. The van der Waals surface area contributed by atoms with Crippen LogP contribution in [0.5, 0.6) is 0 Å². The molecule has 0 aliphatic heterocycles. The third kappa shape index (κ3) is 2.29. The zero-order valence-electron chi connectivity index (χ0n) is 11.8. The Bertz CT molecular complexity index is 576. The van der Waals surface area contributed by atoms with E-state index in [1.165, 1.54) is 18.4 Å². The van der Waals surface area contributed by atoms with Gasteiger partial charge in [-0.25, -0.2) is 4.98 Å². The molecule has 20 heavy (non-hydrogen) atoms. The fraction of sp³-hybridized carbons (Fsp3) is 0.353. The van der Waals surface area contributed by atoms with Gasteiger partial charge in [-0.05, 0) is 43.5 Å². The van der Waals surface area contributed by atoms with Crippen molar-refractivity contribution < 1.29 is 0 Å². The third-order valence-electron chi connectivity index (χ3n) is 4.50. The average Bonchev–Trinajstić information content (AvgIpc) is 3.29. The first-order valence-corrected chi connectivity index (χ1v) is 7.18. The number of nitrogens with zero attached hydrogens (tertiary/aromatic N) is 1. The van der Waals surface area contributed by atoms with Gasteiger partial charge >= 0.3 is 0 Å². The molecule has 0 spiro atoms. The standard InChI is InChI=1S/C17H21N3/c1-19-15(12-13-6-5-11-20-16(13)18)17(9-10-17)14-7-3-2-4-8-14/h2-8,11,15,19H,9-10,12H2,1H3,(H2,18,20). The monoisotopic (exact) mass is 267 g/mol. The van der Waals surface area contributed by atoms with Crippen molar-refractivity contribution in [3.8, 4) is 0 Å². The van der Waals surface area contributed by atoms with Crippen LogP contribution in [0.15, 0.2) is 48.7 Å². The van der Waals surface area contributed by atoms with Gasteiger partial charge in [0.05, 0.1) is 0 Å². The normalized spacial score (nSPS) is 17.6. The van der Waals surface area contributed by atoms with Gasteiger partial charge in [0, 0.05) is 17.7 Å². The number of benzene rings is 1. The van der Waals surface area contributed by atoms with Crippen LogP contribution < -0.4 is 11.1 Å². The first kappa shape index (κ1) is 13.1. The van der Waals surface area contributed by atoms with Crippen molar-refractivity contribution in [2.24, 2.45) is 0 Å². The Kier molecular flexibility index (Phi) is 3.45. The van der Waals surface area contributed by atoms with Gasteiger partial charge in [0.25, 0.3) is 0 Å². The Hall–Kier alpha value is -1.87. The van der Waals surface area contributed by atoms with Crippen molar-refractivity contribution in [2.45, 2.75) is 30.7 Å². The topological polar surface area (TPSA) is 50.9 Å². The average molecular weight is 267 g/mol. The number of likely N-dealkylation sites (N-methyl/N-ethyl adjacent to an activating group) is 1. The molecule has 0 amide bonds. The second-order valence-corrected chi connectivity index (χ2v) is 5.62. The molecule has 1 fully saturated rings. The lowest BCUT2D eigenvalue weighted by molar-refractivity contribution is 0.443. The molecule has 3 N–H and O–H groups in total. The molecule has 3 heteroatoms. The zero-order chi connectivity index (χ0) is 14.0. The highest BCUT2D eigenvalue weighted by atomic mass is 14.9. The van der Waals surface area contributed by atoms with Crippen molar-refractivity contribution in [1.82, 2.24) is 10.3 Å². The van der Waals surface area contributed by atoms with Crippen molar-refractivity contribution >= 4 is 5.82 Å². The van der Waals surface area contributed by atoms with Gasteiger partial charge in [-0.2, -0.15) is 0 Å². The van der Waals surface area contributed by atoms with E-state index < -0.39 is 0 Å². The van der Waals surface area contributed by atoms with Crippen LogP contribution in [0.2, 0.25) is 0 Å². The second-order valence-electron chi connectivity index (χ2n) is 5.62. The maximum absolute atomic E-state index is 5.99. The van der Waals surface area contributed by atoms with E-state index in [1.807, 2.05) is 13.1 Å². The van der Waals surface area contributed by atoms with Gasteiger partial charge in [0.15, 0.2) is 0 Å². The minimum Gasteiger partial charge on any atom is -0.383 e. The van der Waals surface area contributed by atoms with E-state index in [4.69, 9.17) is 5.73 Å². The maximum Gasteiger partial charge on any atom is 0.126 e. The number of nitrogen functional groups attached to an aromatic ring is 1. The SMILES string of the molecule is CNC(Cc1cccnc1N)C1(c2ccccc2)CC1. The Labute approximate surface area is 120 Å². The van der Waals surface area contributed by atoms with Gasteiger partial charge in [0.1, 0.15) is 5.82 Å². The predicted molar refractivity (Wildman–Crippen MR) is 82.6 cm³/mol. The molecule has 0 radical (unpaired) electrons. The summed E-state index contributed by atoms with van der Waals surface area (Å²) in [6.07, 6.45) is 5.15. The summed E-state index contributed by atoms with van der Waals surface area (Å²) in [5.74, 6) is 0.650. The van der Waals surface area contributed by atoms with E-state index in [-0.39, 0.29) is 5.41 Å². The van der Waals surface area contributed by atoms with E-state index in [2.05, 4.69) is 46.7 Å². The number of aromatic nitrogens is 1. The van der Waals surface area contributed by atoms with Gasteiger partial charge in [-0.15, -0.1) is 0 Å². The van der Waals surface area contributed by atoms with Crippen molar-refractivity contribution in [2.75, 3.05) is 12.8 Å².